The number of hydrogen-bond acceptors (Lipinski definition) is 4. The van der Waals surface area contributed by atoms with Gasteiger partial charge < -0.3 is 20.5 Å². The topological polar surface area (TPSA) is 73.6 Å². The van der Waals surface area contributed by atoms with Gasteiger partial charge in [-0.2, -0.15) is 0 Å². The van der Waals surface area contributed by atoms with Gasteiger partial charge in [0.05, 0.1) is 6.04 Å². The molecule has 1 heterocycles. The predicted octanol–water partition coefficient (Wildman–Crippen LogP) is 2.32. The molecule has 0 spiro atoms. The van der Waals surface area contributed by atoms with Crippen molar-refractivity contribution in [1.82, 2.24) is 0 Å². The normalized spacial score (nSPS) is 17.1. The molecule has 1 aliphatic rings. The minimum atomic E-state index is -3.67. The van der Waals surface area contributed by atoms with E-state index in [-0.39, 0.29) is 23.3 Å². The van der Waals surface area contributed by atoms with Crippen molar-refractivity contribution in [3.8, 4) is 11.5 Å². The number of halogens is 2. The van der Waals surface area contributed by atoms with E-state index in [2.05, 4.69) is 14.8 Å². The van der Waals surface area contributed by atoms with Crippen LogP contribution in [0.25, 0.3) is 0 Å². The summed E-state index contributed by atoms with van der Waals surface area (Å²) in [5.74, 6) is -0.278. The van der Waals surface area contributed by atoms with Gasteiger partial charge in [0, 0.05) is 11.8 Å². The van der Waals surface area contributed by atoms with E-state index in [9.17, 15) is 13.6 Å². The number of carbonyl (C=O) groups is 1. The molecule has 1 amide bonds. The number of ether oxygens (including phenoxy) is 2. The molecule has 0 fully saturated rings. The average Bonchev–Trinajstić information content (AvgIpc) is 2.61. The van der Waals surface area contributed by atoms with Crippen molar-refractivity contribution in [3.63, 3.8) is 0 Å². The molecular formula is C13H16F2N2O3. The van der Waals surface area contributed by atoms with E-state index in [4.69, 9.17) is 5.73 Å². The van der Waals surface area contributed by atoms with E-state index in [0.717, 1.165) is 0 Å². The molecule has 0 saturated heterocycles. The van der Waals surface area contributed by atoms with Crippen LogP contribution in [0.2, 0.25) is 0 Å². The zero-order chi connectivity index (χ0) is 14.9. The Morgan fingerprint density at radius 3 is 2.65 bits per heavy atom. The van der Waals surface area contributed by atoms with Crippen molar-refractivity contribution in [3.05, 3.63) is 18.2 Å². The van der Waals surface area contributed by atoms with Gasteiger partial charge in [0.25, 0.3) is 0 Å². The number of nitrogens with one attached hydrogen (secondary N) is 1. The first-order chi connectivity index (χ1) is 9.27. The van der Waals surface area contributed by atoms with Crippen LogP contribution in [-0.4, -0.2) is 18.2 Å². The number of amides is 1. The van der Waals surface area contributed by atoms with Crippen molar-refractivity contribution < 1.29 is 23.0 Å². The fraction of sp³-hybridized carbons (Fsp3) is 0.462. The molecule has 5 nitrogen and oxygen atoms in total. The third kappa shape index (κ3) is 3.36. The highest BCUT2D eigenvalue weighted by molar-refractivity contribution is 5.94. The monoisotopic (exact) mass is 286 g/mol. The van der Waals surface area contributed by atoms with Crippen LogP contribution in [0.3, 0.4) is 0 Å². The van der Waals surface area contributed by atoms with Gasteiger partial charge in [0.2, 0.25) is 5.91 Å². The molecule has 7 heteroatoms. The SMILES string of the molecule is CC(C)C[C@H](N)C(=O)Nc1ccc2c(c1)OC(F)(F)O2. The zero-order valence-corrected chi connectivity index (χ0v) is 11.2. The first kappa shape index (κ1) is 14.5. The lowest BCUT2D eigenvalue weighted by molar-refractivity contribution is -0.286. The molecule has 0 saturated carbocycles. The van der Waals surface area contributed by atoms with Crippen LogP contribution in [0.5, 0.6) is 11.5 Å². The van der Waals surface area contributed by atoms with E-state index in [0.29, 0.717) is 12.1 Å². The maximum absolute atomic E-state index is 12.9. The second kappa shape index (κ2) is 5.24. The summed E-state index contributed by atoms with van der Waals surface area (Å²) in [6, 6.07) is 3.38. The molecule has 2 rings (SSSR count). The Balaban J connectivity index is 2.04. The van der Waals surface area contributed by atoms with E-state index < -0.39 is 12.3 Å². The van der Waals surface area contributed by atoms with Gasteiger partial charge in [-0.15, -0.1) is 8.78 Å². The van der Waals surface area contributed by atoms with Crippen LogP contribution in [0, 0.1) is 5.92 Å². The molecule has 0 bridgehead atoms. The first-order valence-corrected chi connectivity index (χ1v) is 6.23. The van der Waals surface area contributed by atoms with Crippen molar-refractivity contribution in [1.29, 1.82) is 0 Å². The lowest BCUT2D eigenvalue weighted by Gasteiger charge is -2.14. The Bertz CT molecular complexity index is 520. The fourth-order valence-electron chi connectivity index (χ4n) is 1.88. The van der Waals surface area contributed by atoms with Gasteiger partial charge in [0.1, 0.15) is 0 Å². The first-order valence-electron chi connectivity index (χ1n) is 6.23. The summed E-state index contributed by atoms with van der Waals surface area (Å²) in [4.78, 5) is 11.8. The van der Waals surface area contributed by atoms with Crippen LogP contribution >= 0.6 is 0 Å². The summed E-state index contributed by atoms with van der Waals surface area (Å²) in [7, 11) is 0. The number of alkyl halides is 2. The quantitative estimate of drug-likeness (QED) is 0.891. The molecule has 110 valence electrons. The number of benzene rings is 1. The number of hydrogen-bond donors (Lipinski definition) is 2. The Kier molecular flexibility index (Phi) is 3.80. The predicted molar refractivity (Wildman–Crippen MR) is 68.7 cm³/mol. The standard InChI is InChI=1S/C13H16F2N2O3/c1-7(2)5-9(16)12(18)17-8-3-4-10-11(6-8)20-13(14,15)19-10/h3-4,6-7,9H,5,16H2,1-2H3,(H,17,18)/t9-/m0/s1. The van der Waals surface area contributed by atoms with E-state index in [1.807, 2.05) is 13.8 Å². The van der Waals surface area contributed by atoms with Crippen molar-refractivity contribution in [2.45, 2.75) is 32.6 Å². The maximum atomic E-state index is 12.9. The van der Waals surface area contributed by atoms with Crippen LogP contribution in [0.4, 0.5) is 14.5 Å². The Morgan fingerprint density at radius 2 is 2.00 bits per heavy atom. The smallest absolute Gasteiger partial charge is 0.395 e. The molecular weight excluding hydrogens is 270 g/mol. The summed E-state index contributed by atoms with van der Waals surface area (Å²) in [6.45, 7) is 3.91. The summed E-state index contributed by atoms with van der Waals surface area (Å²) in [6.07, 6.45) is -3.13. The van der Waals surface area contributed by atoms with Gasteiger partial charge in [0.15, 0.2) is 11.5 Å². The van der Waals surface area contributed by atoms with Crippen LogP contribution in [0.15, 0.2) is 18.2 Å². The number of rotatable bonds is 4. The lowest BCUT2D eigenvalue weighted by Crippen LogP contribution is -2.36. The van der Waals surface area contributed by atoms with Gasteiger partial charge in [-0.25, -0.2) is 0 Å². The van der Waals surface area contributed by atoms with E-state index in [1.165, 1.54) is 18.2 Å². The Hall–Kier alpha value is -1.89. The van der Waals surface area contributed by atoms with Crippen molar-refractivity contribution in [2.75, 3.05) is 5.32 Å². The zero-order valence-electron chi connectivity index (χ0n) is 11.2. The van der Waals surface area contributed by atoms with Gasteiger partial charge in [-0.3, -0.25) is 4.79 Å². The van der Waals surface area contributed by atoms with Crippen LogP contribution in [-0.2, 0) is 4.79 Å². The highest BCUT2D eigenvalue weighted by atomic mass is 19.3. The largest absolute Gasteiger partial charge is 0.586 e. The van der Waals surface area contributed by atoms with Gasteiger partial charge >= 0.3 is 6.29 Å². The number of anilines is 1. The number of nitrogens with two attached hydrogens (primary N) is 1. The van der Waals surface area contributed by atoms with Crippen LogP contribution < -0.4 is 20.5 Å². The second-order valence-corrected chi connectivity index (χ2v) is 5.05. The van der Waals surface area contributed by atoms with Crippen molar-refractivity contribution in [2.24, 2.45) is 11.7 Å². The summed E-state index contributed by atoms with van der Waals surface area (Å²) < 4.78 is 34.3. The molecule has 1 atom stereocenters. The number of fused-ring (bicyclic) bond motifs is 1. The third-order valence-corrected chi connectivity index (χ3v) is 2.73. The molecule has 20 heavy (non-hydrogen) atoms. The second-order valence-electron chi connectivity index (χ2n) is 5.05. The summed E-state index contributed by atoms with van der Waals surface area (Å²) >= 11 is 0. The lowest BCUT2D eigenvalue weighted by atomic mass is 10.0. The molecule has 0 unspecified atom stereocenters. The molecule has 1 aromatic rings. The highest BCUT2D eigenvalue weighted by Crippen LogP contribution is 2.42. The van der Waals surface area contributed by atoms with Gasteiger partial charge in [-0.1, -0.05) is 13.8 Å². The molecule has 3 N–H and O–H groups in total. The fourth-order valence-corrected chi connectivity index (χ4v) is 1.88. The minimum absolute atomic E-state index is 0.0699. The van der Waals surface area contributed by atoms with Gasteiger partial charge in [-0.05, 0) is 24.5 Å². The van der Waals surface area contributed by atoms with Crippen LogP contribution in [0.1, 0.15) is 20.3 Å². The Morgan fingerprint density at radius 1 is 1.35 bits per heavy atom. The van der Waals surface area contributed by atoms with E-state index in [1.54, 1.807) is 0 Å². The molecule has 0 aliphatic carbocycles. The third-order valence-electron chi connectivity index (χ3n) is 2.73. The number of carbonyl (C=O) groups excluding carboxylic acids is 1. The molecule has 1 aromatic carbocycles. The molecule has 0 aromatic heterocycles. The maximum Gasteiger partial charge on any atom is 0.586 e. The van der Waals surface area contributed by atoms with Crippen molar-refractivity contribution >= 4 is 11.6 Å². The highest BCUT2D eigenvalue weighted by Gasteiger charge is 2.43. The Labute approximate surface area is 115 Å². The summed E-state index contributed by atoms with van der Waals surface area (Å²) in [5, 5.41) is 2.56. The minimum Gasteiger partial charge on any atom is -0.395 e. The molecule has 0 radical (unpaired) electrons. The van der Waals surface area contributed by atoms with E-state index >= 15 is 0 Å². The molecule has 1 aliphatic heterocycles. The summed E-state index contributed by atoms with van der Waals surface area (Å²) in [5.41, 5.74) is 6.06. The average molecular weight is 286 g/mol.